The van der Waals surface area contributed by atoms with E-state index in [0.29, 0.717) is 22.4 Å². The Morgan fingerprint density at radius 2 is 1.72 bits per heavy atom. The number of benzene rings is 2. The van der Waals surface area contributed by atoms with Crippen molar-refractivity contribution in [2.24, 2.45) is 0 Å². The van der Waals surface area contributed by atoms with Crippen LogP contribution in [0.3, 0.4) is 0 Å². The van der Waals surface area contributed by atoms with Crippen LogP contribution in [0.25, 0.3) is 0 Å². The molecule has 1 heterocycles. The first-order valence-electron chi connectivity index (χ1n) is 7.76. The molecule has 2 N–H and O–H groups in total. The number of halogens is 1. The van der Waals surface area contributed by atoms with Gasteiger partial charge in [-0.1, -0.05) is 35.9 Å². The number of nitrogens with one attached hydrogen (secondary N) is 2. The van der Waals surface area contributed by atoms with Gasteiger partial charge in [0.25, 0.3) is 5.91 Å². The molecule has 0 saturated carbocycles. The van der Waals surface area contributed by atoms with Crippen LogP contribution in [-0.2, 0) is 0 Å². The average molecular weight is 353 g/mol. The quantitative estimate of drug-likeness (QED) is 0.711. The minimum atomic E-state index is -0.290. The summed E-state index contributed by atoms with van der Waals surface area (Å²) in [5.74, 6) is 0.744. The van der Waals surface area contributed by atoms with Crippen molar-refractivity contribution in [3.8, 4) is 0 Å². The van der Waals surface area contributed by atoms with Crippen LogP contribution in [0, 0.1) is 13.8 Å². The third-order valence-electron chi connectivity index (χ3n) is 3.55. The Bertz CT molecular complexity index is 913. The van der Waals surface area contributed by atoms with Gasteiger partial charge in [-0.25, -0.2) is 9.97 Å². The number of hydrogen-bond acceptors (Lipinski definition) is 4. The van der Waals surface area contributed by atoms with Crippen molar-refractivity contribution in [3.63, 3.8) is 0 Å². The molecular weight excluding hydrogens is 336 g/mol. The van der Waals surface area contributed by atoms with Gasteiger partial charge in [0.15, 0.2) is 0 Å². The van der Waals surface area contributed by atoms with E-state index in [0.717, 1.165) is 11.3 Å². The van der Waals surface area contributed by atoms with Gasteiger partial charge in [-0.05, 0) is 43.7 Å². The molecule has 0 aliphatic rings. The molecule has 0 unspecified atom stereocenters. The van der Waals surface area contributed by atoms with Crippen LogP contribution in [0.1, 0.15) is 21.9 Å². The van der Waals surface area contributed by atoms with Crippen LogP contribution < -0.4 is 10.6 Å². The molecule has 0 atom stereocenters. The lowest BCUT2D eigenvalue weighted by Crippen LogP contribution is -2.15. The van der Waals surface area contributed by atoms with Gasteiger partial charge in [0, 0.05) is 22.5 Å². The van der Waals surface area contributed by atoms with Crippen LogP contribution in [0.4, 0.5) is 17.2 Å². The first-order chi connectivity index (χ1) is 12.0. The molecule has 0 aliphatic carbocycles. The number of aryl methyl sites for hydroxylation is 2. The van der Waals surface area contributed by atoms with E-state index in [4.69, 9.17) is 11.6 Å². The van der Waals surface area contributed by atoms with Gasteiger partial charge < -0.3 is 10.6 Å². The number of rotatable bonds is 4. The number of carbonyl (C=O) groups is 1. The van der Waals surface area contributed by atoms with Crippen LogP contribution >= 0.6 is 11.6 Å². The average Bonchev–Trinajstić information content (AvgIpc) is 2.58. The maximum atomic E-state index is 12.4. The first kappa shape index (κ1) is 16.9. The molecule has 0 radical (unpaired) electrons. The lowest BCUT2D eigenvalue weighted by Gasteiger charge is -2.10. The van der Waals surface area contributed by atoms with Crippen molar-refractivity contribution < 1.29 is 4.79 Å². The van der Waals surface area contributed by atoms with E-state index in [1.54, 1.807) is 13.0 Å². The third kappa shape index (κ3) is 4.33. The largest absolute Gasteiger partial charge is 0.340 e. The number of anilines is 3. The Kier molecular flexibility index (Phi) is 4.95. The van der Waals surface area contributed by atoms with Gasteiger partial charge in [0.1, 0.15) is 17.3 Å². The van der Waals surface area contributed by atoms with Gasteiger partial charge in [-0.15, -0.1) is 0 Å². The Morgan fingerprint density at radius 3 is 2.44 bits per heavy atom. The summed E-state index contributed by atoms with van der Waals surface area (Å²) in [4.78, 5) is 21.0. The van der Waals surface area contributed by atoms with Crippen molar-refractivity contribution in [1.82, 2.24) is 9.97 Å². The minimum Gasteiger partial charge on any atom is -0.340 e. The second kappa shape index (κ2) is 7.32. The summed E-state index contributed by atoms with van der Waals surface area (Å²) in [5.41, 5.74) is 2.79. The highest BCUT2D eigenvalue weighted by Gasteiger charge is 2.11. The number of hydrogen-bond donors (Lipinski definition) is 2. The van der Waals surface area contributed by atoms with Gasteiger partial charge in [0.2, 0.25) is 0 Å². The van der Waals surface area contributed by atoms with E-state index in [9.17, 15) is 4.79 Å². The molecule has 2 aromatic carbocycles. The van der Waals surface area contributed by atoms with Gasteiger partial charge in [0.05, 0.1) is 0 Å². The smallest absolute Gasteiger partial charge is 0.274 e. The van der Waals surface area contributed by atoms with E-state index in [1.807, 2.05) is 55.5 Å². The normalized spacial score (nSPS) is 10.4. The standard InChI is InChI=1S/C19H17ClN4O/c1-12-8-9-15(10-16(12)20)23-18-11-17(21-13(2)22-18)19(25)24-14-6-4-3-5-7-14/h3-11H,1-2H3,(H,24,25)(H,21,22,23). The lowest BCUT2D eigenvalue weighted by atomic mass is 10.2. The summed E-state index contributed by atoms with van der Waals surface area (Å²) in [6.07, 6.45) is 0. The van der Waals surface area contributed by atoms with Crippen LogP contribution in [0.5, 0.6) is 0 Å². The maximum Gasteiger partial charge on any atom is 0.274 e. The fraction of sp³-hybridized carbons (Fsp3) is 0.105. The van der Waals surface area contributed by atoms with Crippen LogP contribution in [0.15, 0.2) is 54.6 Å². The Labute approximate surface area is 151 Å². The molecule has 126 valence electrons. The summed E-state index contributed by atoms with van der Waals surface area (Å²) in [5, 5.41) is 6.64. The molecule has 0 fully saturated rings. The zero-order chi connectivity index (χ0) is 17.8. The Morgan fingerprint density at radius 1 is 0.960 bits per heavy atom. The van der Waals surface area contributed by atoms with E-state index >= 15 is 0 Å². The molecule has 0 bridgehead atoms. The molecule has 6 heteroatoms. The first-order valence-corrected chi connectivity index (χ1v) is 8.14. The zero-order valence-electron chi connectivity index (χ0n) is 13.9. The number of para-hydroxylation sites is 1. The minimum absolute atomic E-state index is 0.289. The van der Waals surface area contributed by atoms with Crippen LogP contribution in [0.2, 0.25) is 5.02 Å². The highest BCUT2D eigenvalue weighted by Crippen LogP contribution is 2.23. The van der Waals surface area contributed by atoms with Gasteiger partial charge >= 0.3 is 0 Å². The maximum absolute atomic E-state index is 12.4. The molecule has 1 amide bonds. The van der Waals surface area contributed by atoms with Crippen molar-refractivity contribution in [2.75, 3.05) is 10.6 Å². The predicted octanol–water partition coefficient (Wildman–Crippen LogP) is 4.74. The predicted molar refractivity (Wildman–Crippen MR) is 101 cm³/mol. The number of carbonyl (C=O) groups excluding carboxylic acids is 1. The fourth-order valence-electron chi connectivity index (χ4n) is 2.28. The SMILES string of the molecule is Cc1nc(Nc2ccc(C)c(Cl)c2)cc(C(=O)Nc2ccccc2)n1. The third-order valence-corrected chi connectivity index (χ3v) is 3.95. The number of aromatic nitrogens is 2. The lowest BCUT2D eigenvalue weighted by molar-refractivity contribution is 0.102. The molecule has 0 saturated heterocycles. The Balaban J connectivity index is 1.82. The number of nitrogens with zero attached hydrogens (tertiary/aromatic N) is 2. The highest BCUT2D eigenvalue weighted by molar-refractivity contribution is 6.31. The summed E-state index contributed by atoms with van der Waals surface area (Å²) < 4.78 is 0. The molecule has 0 spiro atoms. The molecule has 3 rings (SSSR count). The van der Waals surface area contributed by atoms with Gasteiger partial charge in [-0.2, -0.15) is 0 Å². The van der Waals surface area contributed by atoms with Gasteiger partial charge in [-0.3, -0.25) is 4.79 Å². The second-order valence-electron chi connectivity index (χ2n) is 5.59. The van der Waals surface area contributed by atoms with E-state index < -0.39 is 0 Å². The van der Waals surface area contributed by atoms with E-state index in [2.05, 4.69) is 20.6 Å². The fourth-order valence-corrected chi connectivity index (χ4v) is 2.46. The van der Waals surface area contributed by atoms with E-state index in [1.165, 1.54) is 0 Å². The molecular formula is C19H17ClN4O. The molecule has 25 heavy (non-hydrogen) atoms. The highest BCUT2D eigenvalue weighted by atomic mass is 35.5. The summed E-state index contributed by atoms with van der Waals surface area (Å²) in [6, 6.07) is 16.5. The molecule has 0 aliphatic heterocycles. The summed E-state index contributed by atoms with van der Waals surface area (Å²) in [7, 11) is 0. The topological polar surface area (TPSA) is 66.9 Å². The van der Waals surface area contributed by atoms with Crippen molar-refractivity contribution in [2.45, 2.75) is 13.8 Å². The van der Waals surface area contributed by atoms with E-state index in [-0.39, 0.29) is 11.6 Å². The Hall–Kier alpha value is -2.92. The molecule has 3 aromatic rings. The van der Waals surface area contributed by atoms with Crippen molar-refractivity contribution in [3.05, 3.63) is 76.7 Å². The van der Waals surface area contributed by atoms with Crippen LogP contribution in [-0.4, -0.2) is 15.9 Å². The summed E-state index contributed by atoms with van der Waals surface area (Å²) >= 11 is 6.15. The zero-order valence-corrected chi connectivity index (χ0v) is 14.6. The van der Waals surface area contributed by atoms with Crippen molar-refractivity contribution in [1.29, 1.82) is 0 Å². The summed E-state index contributed by atoms with van der Waals surface area (Å²) in [6.45, 7) is 3.68. The molecule has 1 aromatic heterocycles. The molecule has 5 nitrogen and oxygen atoms in total. The number of amides is 1. The van der Waals surface area contributed by atoms with Crippen molar-refractivity contribution >= 4 is 34.7 Å². The second-order valence-corrected chi connectivity index (χ2v) is 6.00. The monoisotopic (exact) mass is 352 g/mol.